The number of rotatable bonds is 4. The van der Waals surface area contributed by atoms with Gasteiger partial charge in [-0.2, -0.15) is 0 Å². The summed E-state index contributed by atoms with van der Waals surface area (Å²) in [6.07, 6.45) is -0.411. The molecule has 1 aromatic rings. The van der Waals surface area contributed by atoms with Gasteiger partial charge in [0.25, 0.3) is 0 Å². The number of aliphatic carboxylic acids is 1. The maximum Gasteiger partial charge on any atom is 0.408 e. The van der Waals surface area contributed by atoms with E-state index in [1.807, 2.05) is 11.0 Å². The first kappa shape index (κ1) is 17.8. The first-order valence-corrected chi connectivity index (χ1v) is 8.10. The van der Waals surface area contributed by atoms with E-state index in [9.17, 15) is 14.7 Å². The molecule has 0 bridgehead atoms. The van der Waals surface area contributed by atoms with Crippen LogP contribution in [-0.4, -0.2) is 46.3 Å². The highest BCUT2D eigenvalue weighted by molar-refractivity contribution is 9.10. The minimum atomic E-state index is -1.34. The summed E-state index contributed by atoms with van der Waals surface area (Å²) in [5.41, 5.74) is -2.02. The lowest BCUT2D eigenvalue weighted by molar-refractivity contribution is -0.144. The largest absolute Gasteiger partial charge is 0.479 e. The summed E-state index contributed by atoms with van der Waals surface area (Å²) in [5, 5.41) is 12.1. The summed E-state index contributed by atoms with van der Waals surface area (Å²) in [4.78, 5) is 25.6. The Kier molecular flexibility index (Phi) is 5.05. The van der Waals surface area contributed by atoms with Crippen molar-refractivity contribution < 1.29 is 23.8 Å². The molecule has 128 valence electrons. The average Bonchev–Trinajstić information content (AvgIpc) is 2.95. The summed E-state index contributed by atoms with van der Waals surface area (Å²) >= 11 is 3.23. The van der Waals surface area contributed by atoms with Crippen molar-refractivity contribution in [2.24, 2.45) is 0 Å². The zero-order valence-electron chi connectivity index (χ0n) is 13.4. The zero-order chi connectivity index (χ0) is 17.3. The molecule has 0 aromatic carbocycles. The van der Waals surface area contributed by atoms with Crippen LogP contribution >= 0.6 is 15.9 Å². The maximum absolute atomic E-state index is 12.0. The minimum absolute atomic E-state index is 0.194. The predicted molar refractivity (Wildman–Crippen MR) is 86.0 cm³/mol. The summed E-state index contributed by atoms with van der Waals surface area (Å²) in [5.74, 6) is -0.332. The van der Waals surface area contributed by atoms with Crippen LogP contribution in [0.5, 0.6) is 0 Å². The van der Waals surface area contributed by atoms with Gasteiger partial charge in [0.05, 0.1) is 6.54 Å². The summed E-state index contributed by atoms with van der Waals surface area (Å²) < 4.78 is 11.2. The van der Waals surface area contributed by atoms with E-state index in [0.29, 0.717) is 24.2 Å². The molecule has 0 aliphatic carbocycles. The second-order valence-corrected chi connectivity index (χ2v) is 7.46. The molecular formula is C15H21BrN2O5. The Labute approximate surface area is 143 Å². The molecule has 0 spiro atoms. The van der Waals surface area contributed by atoms with Crippen LogP contribution in [0.4, 0.5) is 4.79 Å². The highest BCUT2D eigenvalue weighted by Gasteiger charge is 2.47. The van der Waals surface area contributed by atoms with Gasteiger partial charge in [-0.05, 0) is 55.3 Å². The minimum Gasteiger partial charge on any atom is -0.479 e. The highest BCUT2D eigenvalue weighted by atomic mass is 79.9. The fourth-order valence-corrected chi connectivity index (χ4v) is 2.85. The van der Waals surface area contributed by atoms with Crippen LogP contribution in [0.25, 0.3) is 0 Å². The zero-order valence-corrected chi connectivity index (χ0v) is 15.0. The second-order valence-electron chi connectivity index (χ2n) is 6.68. The van der Waals surface area contributed by atoms with Gasteiger partial charge in [-0.1, -0.05) is 0 Å². The monoisotopic (exact) mass is 388 g/mol. The number of amides is 1. The third kappa shape index (κ3) is 4.71. The van der Waals surface area contributed by atoms with E-state index in [4.69, 9.17) is 9.15 Å². The number of carboxylic acids is 1. The first-order chi connectivity index (χ1) is 10.6. The lowest BCUT2D eigenvalue weighted by Gasteiger charge is -2.28. The molecule has 2 N–H and O–H groups in total. The molecule has 0 saturated carbocycles. The molecule has 1 fully saturated rings. The summed E-state index contributed by atoms with van der Waals surface area (Å²) in [6, 6.07) is 3.61. The molecule has 1 aliphatic rings. The van der Waals surface area contributed by atoms with E-state index in [1.54, 1.807) is 26.8 Å². The fraction of sp³-hybridized carbons (Fsp3) is 0.600. The van der Waals surface area contributed by atoms with E-state index in [0.717, 1.165) is 5.76 Å². The van der Waals surface area contributed by atoms with Gasteiger partial charge in [-0.15, -0.1) is 0 Å². The molecule has 1 amide bonds. The van der Waals surface area contributed by atoms with Crippen molar-refractivity contribution in [3.63, 3.8) is 0 Å². The van der Waals surface area contributed by atoms with Crippen molar-refractivity contribution >= 4 is 28.0 Å². The Bertz CT molecular complexity index is 595. The van der Waals surface area contributed by atoms with Gasteiger partial charge in [-0.3, -0.25) is 4.90 Å². The number of alkyl carbamates (subject to hydrolysis) is 1. The maximum atomic E-state index is 12.0. The second kappa shape index (κ2) is 6.52. The van der Waals surface area contributed by atoms with Crippen LogP contribution in [-0.2, 0) is 16.1 Å². The van der Waals surface area contributed by atoms with Crippen molar-refractivity contribution in [2.45, 2.75) is 44.9 Å². The number of hydrogen-bond acceptors (Lipinski definition) is 5. The molecule has 2 rings (SSSR count). The normalized spacial score (nSPS) is 22.1. The van der Waals surface area contributed by atoms with Crippen LogP contribution < -0.4 is 5.32 Å². The van der Waals surface area contributed by atoms with Gasteiger partial charge in [0.15, 0.2) is 10.2 Å². The Morgan fingerprint density at radius 3 is 2.70 bits per heavy atom. The van der Waals surface area contributed by atoms with Crippen molar-refractivity contribution in [3.8, 4) is 0 Å². The molecule has 1 aromatic heterocycles. The van der Waals surface area contributed by atoms with E-state index >= 15 is 0 Å². The highest BCUT2D eigenvalue weighted by Crippen LogP contribution is 2.25. The SMILES string of the molecule is CC(C)(C)OC(=O)NC1(C(=O)O)CCN(Cc2ccc(Br)o2)C1. The van der Waals surface area contributed by atoms with Gasteiger partial charge in [0, 0.05) is 13.1 Å². The van der Waals surface area contributed by atoms with E-state index in [2.05, 4.69) is 21.2 Å². The van der Waals surface area contributed by atoms with Crippen LogP contribution in [0, 0.1) is 0 Å². The topological polar surface area (TPSA) is 92.0 Å². The number of carbonyl (C=O) groups excluding carboxylic acids is 1. The number of furan rings is 1. The third-order valence-electron chi connectivity index (χ3n) is 3.51. The molecule has 1 aliphatic heterocycles. The van der Waals surface area contributed by atoms with Gasteiger partial charge in [-0.25, -0.2) is 9.59 Å². The molecule has 0 radical (unpaired) electrons. The van der Waals surface area contributed by atoms with Crippen LogP contribution in [0.2, 0.25) is 0 Å². The summed E-state index contributed by atoms with van der Waals surface area (Å²) in [6.45, 7) is 6.41. The smallest absolute Gasteiger partial charge is 0.408 e. The number of halogens is 1. The van der Waals surface area contributed by atoms with Crippen LogP contribution in [0.1, 0.15) is 33.0 Å². The van der Waals surface area contributed by atoms with E-state index in [1.165, 1.54) is 0 Å². The predicted octanol–water partition coefficient (Wildman–Crippen LogP) is 2.60. The van der Waals surface area contributed by atoms with Gasteiger partial charge >= 0.3 is 12.1 Å². The number of carboxylic acid groups (broad SMARTS) is 1. The lowest BCUT2D eigenvalue weighted by Crippen LogP contribution is -2.57. The Morgan fingerprint density at radius 2 is 2.17 bits per heavy atom. The van der Waals surface area contributed by atoms with Crippen molar-refractivity contribution in [1.82, 2.24) is 10.2 Å². The molecule has 1 atom stereocenters. The Morgan fingerprint density at radius 1 is 1.48 bits per heavy atom. The molecule has 8 heteroatoms. The molecular weight excluding hydrogens is 368 g/mol. The first-order valence-electron chi connectivity index (χ1n) is 7.31. The molecule has 2 heterocycles. The third-order valence-corrected chi connectivity index (χ3v) is 3.93. The number of nitrogens with zero attached hydrogens (tertiary/aromatic N) is 1. The average molecular weight is 389 g/mol. The van der Waals surface area contributed by atoms with E-state index in [-0.39, 0.29) is 6.54 Å². The molecule has 23 heavy (non-hydrogen) atoms. The number of hydrogen-bond donors (Lipinski definition) is 2. The number of carbonyl (C=O) groups is 2. The van der Waals surface area contributed by atoms with Crippen molar-refractivity contribution in [3.05, 3.63) is 22.6 Å². The van der Waals surface area contributed by atoms with Crippen LogP contribution in [0.15, 0.2) is 21.2 Å². The van der Waals surface area contributed by atoms with Gasteiger partial charge in [0.1, 0.15) is 11.4 Å². The van der Waals surface area contributed by atoms with Gasteiger partial charge in [0.2, 0.25) is 0 Å². The molecule has 1 unspecified atom stereocenters. The number of ether oxygens (including phenoxy) is 1. The standard InChI is InChI=1S/C15H21BrN2O5/c1-14(2,3)23-13(21)17-15(12(19)20)6-7-18(9-15)8-10-4-5-11(16)22-10/h4-5H,6-9H2,1-3H3,(H,17,21)(H,19,20). The lowest BCUT2D eigenvalue weighted by atomic mass is 9.99. The fourth-order valence-electron chi connectivity index (χ4n) is 2.51. The molecule has 1 saturated heterocycles. The molecule has 7 nitrogen and oxygen atoms in total. The van der Waals surface area contributed by atoms with Crippen molar-refractivity contribution in [1.29, 1.82) is 0 Å². The Balaban J connectivity index is 2.02. The van der Waals surface area contributed by atoms with Crippen molar-refractivity contribution in [2.75, 3.05) is 13.1 Å². The van der Waals surface area contributed by atoms with Crippen LogP contribution in [0.3, 0.4) is 0 Å². The van der Waals surface area contributed by atoms with Gasteiger partial charge < -0.3 is 19.6 Å². The van der Waals surface area contributed by atoms with E-state index < -0.39 is 23.2 Å². The summed E-state index contributed by atoms with van der Waals surface area (Å²) in [7, 11) is 0. The number of nitrogens with one attached hydrogen (secondary N) is 1. The quantitative estimate of drug-likeness (QED) is 0.823. The Hall–Kier alpha value is -1.54. The number of likely N-dealkylation sites (tertiary alicyclic amines) is 1.